The number of benzene rings is 2. The summed E-state index contributed by atoms with van der Waals surface area (Å²) in [6.45, 7) is 2.76. The molecular formula is C23H21ClF2N3O4S-. The lowest BCUT2D eigenvalue weighted by atomic mass is 9.97. The molecule has 1 aromatic heterocycles. The largest absolute Gasteiger partial charge is 0.760 e. The summed E-state index contributed by atoms with van der Waals surface area (Å²) in [5.74, 6) is -3.27. The van der Waals surface area contributed by atoms with Crippen LogP contribution in [-0.2, 0) is 22.4 Å². The smallest absolute Gasteiger partial charge is 0.197 e. The lowest BCUT2D eigenvalue weighted by Crippen LogP contribution is -2.36. The maximum Gasteiger partial charge on any atom is 0.197 e. The van der Waals surface area contributed by atoms with Gasteiger partial charge in [-0.1, -0.05) is 11.6 Å². The fourth-order valence-corrected chi connectivity index (χ4v) is 4.50. The van der Waals surface area contributed by atoms with Gasteiger partial charge >= 0.3 is 0 Å². The number of rotatable bonds is 8. The van der Waals surface area contributed by atoms with Crippen molar-refractivity contribution < 1.29 is 27.1 Å². The highest BCUT2D eigenvalue weighted by Crippen LogP contribution is 2.30. The third-order valence-electron chi connectivity index (χ3n) is 5.61. The number of ether oxygens (including phenoxy) is 1. The minimum Gasteiger partial charge on any atom is -0.760 e. The number of carbonyl (C=O) groups is 1. The Labute approximate surface area is 202 Å². The molecule has 0 radical (unpaired) electrons. The number of anilines is 1. The molecule has 0 saturated carbocycles. The van der Waals surface area contributed by atoms with Gasteiger partial charge in [-0.3, -0.25) is 14.0 Å². The van der Waals surface area contributed by atoms with Crippen molar-refractivity contribution in [2.45, 2.75) is 12.8 Å². The van der Waals surface area contributed by atoms with E-state index in [2.05, 4.69) is 14.6 Å². The van der Waals surface area contributed by atoms with E-state index in [9.17, 15) is 22.3 Å². The van der Waals surface area contributed by atoms with Gasteiger partial charge in [-0.05, 0) is 48.7 Å². The number of ketones is 1. The number of hydrogen-bond donors (Lipinski definition) is 1. The summed E-state index contributed by atoms with van der Waals surface area (Å²) in [5.41, 5.74) is 1.36. The second kappa shape index (κ2) is 10.8. The van der Waals surface area contributed by atoms with Crippen molar-refractivity contribution in [1.29, 1.82) is 0 Å². The summed E-state index contributed by atoms with van der Waals surface area (Å²) in [6, 6.07) is 7.56. The monoisotopic (exact) mass is 508 g/mol. The minimum absolute atomic E-state index is 0.0951. The molecule has 0 spiro atoms. The zero-order valence-electron chi connectivity index (χ0n) is 18.0. The van der Waals surface area contributed by atoms with E-state index in [0.29, 0.717) is 30.5 Å². The lowest BCUT2D eigenvalue weighted by molar-refractivity contribution is 0.103. The van der Waals surface area contributed by atoms with Crippen LogP contribution in [0.3, 0.4) is 0 Å². The molecule has 0 amide bonds. The third kappa shape index (κ3) is 5.42. The van der Waals surface area contributed by atoms with Gasteiger partial charge in [-0.25, -0.2) is 13.5 Å². The fraction of sp³-hybridized carbons (Fsp3) is 0.304. The van der Waals surface area contributed by atoms with Crippen molar-refractivity contribution in [3.05, 3.63) is 69.9 Å². The Bertz CT molecular complexity index is 1250. The van der Waals surface area contributed by atoms with Crippen LogP contribution in [0.2, 0.25) is 5.02 Å². The number of halogens is 3. The average molecular weight is 509 g/mol. The molecule has 1 atom stereocenters. The first-order valence-electron chi connectivity index (χ1n) is 10.6. The van der Waals surface area contributed by atoms with Gasteiger partial charge in [-0.2, -0.15) is 0 Å². The van der Waals surface area contributed by atoms with E-state index in [1.54, 1.807) is 18.3 Å². The maximum absolute atomic E-state index is 14.7. The summed E-state index contributed by atoms with van der Waals surface area (Å²) in [7, 11) is 0. The standard InChI is InChI=1S/C23H22ClF2N3O4S/c24-21-14(2-1-5-28-34(31)32)12-18(25)22(26)20(21)23(30)15-3-4-19-16(10-15)11-17(13-27-19)29-6-8-33-9-7-29/h3-4,10-13,28H,1-2,5-9H2,(H,31,32)/p-1. The molecule has 4 rings (SSSR count). The van der Waals surface area contributed by atoms with E-state index in [-0.39, 0.29) is 29.1 Å². The first-order valence-corrected chi connectivity index (χ1v) is 12.1. The number of aromatic nitrogens is 1. The van der Waals surface area contributed by atoms with Crippen LogP contribution in [-0.4, -0.2) is 52.4 Å². The van der Waals surface area contributed by atoms with Gasteiger partial charge in [0.15, 0.2) is 17.4 Å². The first kappa shape index (κ1) is 24.6. The summed E-state index contributed by atoms with van der Waals surface area (Å²) in [6.07, 6.45) is 2.20. The number of fused-ring (bicyclic) bond motifs is 1. The Morgan fingerprint density at radius 3 is 2.74 bits per heavy atom. The highest BCUT2D eigenvalue weighted by atomic mass is 35.5. The van der Waals surface area contributed by atoms with E-state index < -0.39 is 34.2 Å². The van der Waals surface area contributed by atoms with Crippen LogP contribution in [0.1, 0.15) is 27.9 Å². The maximum atomic E-state index is 14.7. The molecule has 0 aliphatic carbocycles. The number of carbonyl (C=O) groups excluding carboxylic acids is 1. The van der Waals surface area contributed by atoms with Crippen molar-refractivity contribution >= 4 is 45.2 Å². The normalized spacial score (nSPS) is 15.0. The second-order valence-electron chi connectivity index (χ2n) is 7.78. The Hall–Kier alpha value is -2.50. The summed E-state index contributed by atoms with van der Waals surface area (Å²) in [4.78, 5) is 19.8. The van der Waals surface area contributed by atoms with Gasteiger partial charge in [0.25, 0.3) is 0 Å². The number of morpholine rings is 1. The van der Waals surface area contributed by atoms with Crippen molar-refractivity contribution in [3.63, 3.8) is 0 Å². The van der Waals surface area contributed by atoms with Gasteiger partial charge in [0.1, 0.15) is 0 Å². The van der Waals surface area contributed by atoms with Crippen LogP contribution in [0.25, 0.3) is 10.9 Å². The van der Waals surface area contributed by atoms with Crippen molar-refractivity contribution in [2.75, 3.05) is 37.7 Å². The molecule has 3 aromatic rings. The Morgan fingerprint density at radius 2 is 2.00 bits per heavy atom. The summed E-state index contributed by atoms with van der Waals surface area (Å²) >= 11 is 3.89. The number of nitrogens with one attached hydrogen (secondary N) is 1. The highest BCUT2D eigenvalue weighted by Gasteiger charge is 2.24. The quantitative estimate of drug-likeness (QED) is 0.216. The molecule has 1 saturated heterocycles. The molecule has 11 heteroatoms. The van der Waals surface area contributed by atoms with E-state index in [0.717, 1.165) is 24.8 Å². The molecule has 7 nitrogen and oxygen atoms in total. The van der Waals surface area contributed by atoms with Crippen LogP contribution in [0.4, 0.5) is 14.5 Å². The molecule has 34 heavy (non-hydrogen) atoms. The summed E-state index contributed by atoms with van der Waals surface area (Å²) in [5, 5.41) is 0.493. The van der Waals surface area contributed by atoms with Crippen molar-refractivity contribution in [1.82, 2.24) is 9.71 Å². The molecular weight excluding hydrogens is 488 g/mol. The Balaban J connectivity index is 1.64. The van der Waals surface area contributed by atoms with E-state index in [4.69, 9.17) is 16.3 Å². The van der Waals surface area contributed by atoms with Crippen LogP contribution < -0.4 is 9.62 Å². The number of aryl methyl sites for hydroxylation is 1. The third-order valence-corrected chi connectivity index (χ3v) is 6.48. The molecule has 1 aliphatic heterocycles. The molecule has 180 valence electrons. The molecule has 1 fully saturated rings. The van der Waals surface area contributed by atoms with Gasteiger partial charge in [-0.15, -0.1) is 0 Å². The Kier molecular flexibility index (Phi) is 7.84. The molecule has 1 aliphatic rings. The summed E-state index contributed by atoms with van der Waals surface area (Å²) < 4.78 is 57.7. The van der Waals surface area contributed by atoms with Crippen LogP contribution >= 0.6 is 11.6 Å². The van der Waals surface area contributed by atoms with Crippen LogP contribution in [0, 0.1) is 11.6 Å². The van der Waals surface area contributed by atoms with Crippen LogP contribution in [0.5, 0.6) is 0 Å². The zero-order valence-corrected chi connectivity index (χ0v) is 19.6. The van der Waals surface area contributed by atoms with Gasteiger partial charge in [0.2, 0.25) is 0 Å². The second-order valence-corrected chi connectivity index (χ2v) is 8.92. The SMILES string of the molecule is O=C(c1ccc2ncc(N3CCOCC3)cc2c1)c1c(F)c(F)cc(CCCNS(=O)[O-])c1Cl. The van der Waals surface area contributed by atoms with Gasteiger partial charge in [0, 0.05) is 41.9 Å². The predicted molar refractivity (Wildman–Crippen MR) is 125 cm³/mol. The predicted octanol–water partition coefficient (Wildman–Crippen LogP) is 3.55. The van der Waals surface area contributed by atoms with Crippen LogP contribution in [0.15, 0.2) is 36.5 Å². The number of pyridine rings is 1. The molecule has 1 unspecified atom stereocenters. The Morgan fingerprint density at radius 1 is 1.24 bits per heavy atom. The van der Waals surface area contributed by atoms with E-state index in [1.165, 1.54) is 6.07 Å². The van der Waals surface area contributed by atoms with E-state index in [1.807, 2.05) is 6.07 Å². The molecule has 2 heterocycles. The topological polar surface area (TPSA) is 94.6 Å². The molecule has 1 N–H and O–H groups in total. The van der Waals surface area contributed by atoms with Gasteiger partial charge in [0.05, 0.1) is 41.2 Å². The van der Waals surface area contributed by atoms with Crippen molar-refractivity contribution in [3.8, 4) is 0 Å². The van der Waals surface area contributed by atoms with Gasteiger partial charge < -0.3 is 14.2 Å². The number of hydrogen-bond acceptors (Lipinski definition) is 6. The fourth-order valence-electron chi connectivity index (χ4n) is 3.87. The first-order chi connectivity index (χ1) is 16.3. The highest BCUT2D eigenvalue weighted by molar-refractivity contribution is 7.77. The lowest BCUT2D eigenvalue weighted by Gasteiger charge is -2.28. The average Bonchev–Trinajstić information content (AvgIpc) is 2.84. The van der Waals surface area contributed by atoms with E-state index >= 15 is 0 Å². The number of nitrogens with zero attached hydrogens (tertiary/aromatic N) is 2. The van der Waals surface area contributed by atoms with Crippen molar-refractivity contribution in [2.24, 2.45) is 0 Å². The zero-order chi connectivity index (χ0) is 24.2. The molecule has 2 aromatic carbocycles. The minimum atomic E-state index is -2.42. The molecule has 0 bridgehead atoms.